The van der Waals surface area contributed by atoms with Crippen LogP contribution < -0.4 is 5.32 Å². The van der Waals surface area contributed by atoms with Crippen LogP contribution in [0.15, 0.2) is 36.8 Å². The van der Waals surface area contributed by atoms with E-state index in [1.54, 1.807) is 6.33 Å². The van der Waals surface area contributed by atoms with Crippen LogP contribution in [0.1, 0.15) is 39.0 Å². The molecule has 0 aliphatic heterocycles. The van der Waals surface area contributed by atoms with Crippen LogP contribution in [0.25, 0.3) is 11.3 Å². The highest BCUT2D eigenvalue weighted by Gasteiger charge is 2.19. The van der Waals surface area contributed by atoms with Gasteiger partial charge in [-0.1, -0.05) is 25.5 Å². The van der Waals surface area contributed by atoms with Gasteiger partial charge in [-0.05, 0) is 49.3 Å². The van der Waals surface area contributed by atoms with Gasteiger partial charge in [-0.2, -0.15) is 0 Å². The maximum Gasteiger partial charge on any atom is 0.0924 e. The minimum atomic E-state index is 0.649. The minimum absolute atomic E-state index is 0.649. The summed E-state index contributed by atoms with van der Waals surface area (Å²) in [6.07, 6.45) is 10.3. The van der Waals surface area contributed by atoms with Gasteiger partial charge in [-0.15, -0.1) is 0 Å². The molecule has 3 rings (SSSR count). The van der Waals surface area contributed by atoms with Crippen LogP contribution in [-0.4, -0.2) is 16.0 Å². The lowest BCUT2D eigenvalue weighted by Gasteiger charge is -2.29. The lowest BCUT2D eigenvalue weighted by molar-refractivity contribution is 0.330. The number of imidazole rings is 1. The van der Waals surface area contributed by atoms with Crippen molar-refractivity contribution in [3.63, 3.8) is 0 Å². The second-order valence-electron chi connectivity index (χ2n) is 5.81. The van der Waals surface area contributed by atoms with E-state index in [1.165, 1.54) is 43.4 Å². The van der Waals surface area contributed by atoms with Crippen LogP contribution >= 0.6 is 0 Å². The summed E-state index contributed by atoms with van der Waals surface area (Å²) in [7, 11) is 0. The lowest BCUT2D eigenvalue weighted by atomic mass is 9.84. The number of nitrogens with zero attached hydrogens (tertiary/aromatic N) is 1. The predicted molar refractivity (Wildman–Crippen MR) is 83.7 cm³/mol. The van der Waals surface area contributed by atoms with E-state index in [1.807, 2.05) is 6.20 Å². The normalized spacial score (nSPS) is 22.6. The predicted octanol–water partition coefficient (Wildman–Crippen LogP) is 4.46. The van der Waals surface area contributed by atoms with E-state index in [0.717, 1.165) is 11.6 Å². The summed E-state index contributed by atoms with van der Waals surface area (Å²) < 4.78 is 0. The average Bonchev–Trinajstić information content (AvgIpc) is 3.03. The molecule has 0 unspecified atom stereocenters. The molecule has 0 atom stereocenters. The van der Waals surface area contributed by atoms with Gasteiger partial charge in [-0.25, -0.2) is 4.98 Å². The van der Waals surface area contributed by atoms with Crippen molar-refractivity contribution in [2.75, 3.05) is 5.32 Å². The Hall–Kier alpha value is -1.77. The van der Waals surface area contributed by atoms with Crippen molar-refractivity contribution >= 4 is 5.69 Å². The number of rotatable bonds is 4. The molecule has 0 spiro atoms. The Morgan fingerprint density at radius 1 is 1.15 bits per heavy atom. The molecule has 1 aromatic carbocycles. The molecule has 0 amide bonds. The second-order valence-corrected chi connectivity index (χ2v) is 5.81. The largest absolute Gasteiger partial charge is 0.382 e. The molecule has 106 valence electrons. The highest BCUT2D eigenvalue weighted by Crippen LogP contribution is 2.29. The fourth-order valence-corrected chi connectivity index (χ4v) is 3.11. The number of nitrogens with one attached hydrogen (secondary N) is 2. The molecule has 1 saturated carbocycles. The summed E-state index contributed by atoms with van der Waals surface area (Å²) >= 11 is 0. The fraction of sp³-hybridized carbons (Fsp3) is 0.471. The third-order valence-electron chi connectivity index (χ3n) is 4.49. The molecular formula is C17H23N3. The van der Waals surface area contributed by atoms with E-state index in [2.05, 4.69) is 46.5 Å². The van der Waals surface area contributed by atoms with Gasteiger partial charge >= 0.3 is 0 Å². The van der Waals surface area contributed by atoms with Gasteiger partial charge < -0.3 is 10.3 Å². The average molecular weight is 269 g/mol. The third kappa shape index (κ3) is 3.03. The number of hydrogen-bond donors (Lipinski definition) is 2. The van der Waals surface area contributed by atoms with E-state index in [4.69, 9.17) is 0 Å². The Balaban J connectivity index is 1.59. The number of anilines is 1. The second kappa shape index (κ2) is 6.12. The van der Waals surface area contributed by atoms with E-state index >= 15 is 0 Å². The van der Waals surface area contributed by atoms with Gasteiger partial charge in [0.2, 0.25) is 0 Å². The zero-order valence-corrected chi connectivity index (χ0v) is 12.1. The lowest BCUT2D eigenvalue weighted by Crippen LogP contribution is -2.25. The summed E-state index contributed by atoms with van der Waals surface area (Å²) in [5.41, 5.74) is 3.48. The number of aromatic nitrogens is 2. The molecule has 1 aliphatic rings. The highest BCUT2D eigenvalue weighted by molar-refractivity contribution is 5.62. The first-order valence-electron chi connectivity index (χ1n) is 7.70. The van der Waals surface area contributed by atoms with Gasteiger partial charge in [-0.3, -0.25) is 0 Å². The summed E-state index contributed by atoms with van der Waals surface area (Å²) in [6.45, 7) is 2.31. The SMILES string of the molecule is CCC1CCC(Nc2ccc(-c3cnc[nH]3)cc2)CC1. The van der Waals surface area contributed by atoms with Crippen LogP contribution in [0.5, 0.6) is 0 Å². The number of benzene rings is 1. The Morgan fingerprint density at radius 2 is 1.90 bits per heavy atom. The van der Waals surface area contributed by atoms with Crippen LogP contribution in [0.3, 0.4) is 0 Å². The molecule has 1 aliphatic carbocycles. The Labute approximate surface area is 120 Å². The quantitative estimate of drug-likeness (QED) is 0.860. The molecule has 1 fully saturated rings. The number of hydrogen-bond acceptors (Lipinski definition) is 2. The Bertz CT molecular complexity index is 508. The first-order valence-corrected chi connectivity index (χ1v) is 7.70. The van der Waals surface area contributed by atoms with E-state index in [-0.39, 0.29) is 0 Å². The van der Waals surface area contributed by atoms with Crippen molar-refractivity contribution in [2.24, 2.45) is 5.92 Å². The molecule has 0 saturated heterocycles. The fourth-order valence-electron chi connectivity index (χ4n) is 3.11. The first kappa shape index (κ1) is 13.2. The standard InChI is InChI=1S/C17H23N3/c1-2-13-3-7-15(8-4-13)20-16-9-5-14(6-10-16)17-11-18-12-19-17/h5-6,9-13,15,20H,2-4,7-8H2,1H3,(H,18,19). The Morgan fingerprint density at radius 3 is 2.50 bits per heavy atom. The molecular weight excluding hydrogens is 246 g/mol. The minimum Gasteiger partial charge on any atom is -0.382 e. The first-order chi connectivity index (χ1) is 9.85. The van der Waals surface area contributed by atoms with Crippen LogP contribution in [-0.2, 0) is 0 Å². The molecule has 3 heteroatoms. The molecule has 1 aromatic heterocycles. The third-order valence-corrected chi connectivity index (χ3v) is 4.49. The monoisotopic (exact) mass is 269 g/mol. The molecule has 1 heterocycles. The van der Waals surface area contributed by atoms with Gasteiger partial charge in [0, 0.05) is 11.7 Å². The summed E-state index contributed by atoms with van der Waals surface area (Å²) in [6, 6.07) is 9.28. The van der Waals surface area contributed by atoms with Crippen molar-refractivity contribution < 1.29 is 0 Å². The molecule has 0 radical (unpaired) electrons. The number of aromatic amines is 1. The topological polar surface area (TPSA) is 40.7 Å². The molecule has 0 bridgehead atoms. The maximum absolute atomic E-state index is 4.06. The molecule has 3 nitrogen and oxygen atoms in total. The van der Waals surface area contributed by atoms with Gasteiger partial charge in [0.15, 0.2) is 0 Å². The molecule has 2 N–H and O–H groups in total. The zero-order valence-electron chi connectivity index (χ0n) is 12.1. The molecule has 20 heavy (non-hydrogen) atoms. The van der Waals surface area contributed by atoms with Crippen molar-refractivity contribution in [1.82, 2.24) is 9.97 Å². The summed E-state index contributed by atoms with van der Waals surface area (Å²) in [5, 5.41) is 3.67. The van der Waals surface area contributed by atoms with Gasteiger partial charge in [0.05, 0.1) is 18.2 Å². The Kier molecular flexibility index (Phi) is 4.05. The molecule has 2 aromatic rings. The van der Waals surface area contributed by atoms with Crippen molar-refractivity contribution in [1.29, 1.82) is 0 Å². The van der Waals surface area contributed by atoms with Crippen molar-refractivity contribution in [2.45, 2.75) is 45.1 Å². The smallest absolute Gasteiger partial charge is 0.0924 e. The van der Waals surface area contributed by atoms with Crippen LogP contribution in [0, 0.1) is 5.92 Å². The van der Waals surface area contributed by atoms with Crippen LogP contribution in [0.2, 0.25) is 0 Å². The van der Waals surface area contributed by atoms with E-state index in [0.29, 0.717) is 6.04 Å². The van der Waals surface area contributed by atoms with Crippen LogP contribution in [0.4, 0.5) is 5.69 Å². The number of H-pyrrole nitrogens is 1. The van der Waals surface area contributed by atoms with E-state index < -0.39 is 0 Å². The summed E-state index contributed by atoms with van der Waals surface area (Å²) in [5.74, 6) is 0.954. The van der Waals surface area contributed by atoms with Gasteiger partial charge in [0.25, 0.3) is 0 Å². The van der Waals surface area contributed by atoms with Gasteiger partial charge in [0.1, 0.15) is 0 Å². The maximum atomic E-state index is 4.06. The van der Waals surface area contributed by atoms with E-state index in [9.17, 15) is 0 Å². The van der Waals surface area contributed by atoms with Crippen molar-refractivity contribution in [3.8, 4) is 11.3 Å². The highest BCUT2D eigenvalue weighted by atomic mass is 14.9. The summed E-state index contributed by atoms with van der Waals surface area (Å²) in [4.78, 5) is 7.19. The van der Waals surface area contributed by atoms with Crippen molar-refractivity contribution in [3.05, 3.63) is 36.8 Å². The zero-order chi connectivity index (χ0) is 13.8.